The fourth-order valence-corrected chi connectivity index (χ4v) is 4.45. The summed E-state index contributed by atoms with van der Waals surface area (Å²) in [5.41, 5.74) is 1.79. The third-order valence-corrected chi connectivity index (χ3v) is 5.95. The van der Waals surface area contributed by atoms with Crippen LogP contribution < -0.4 is 10.2 Å². The smallest absolute Gasteiger partial charge is 0.260 e. The number of hydrogen-bond donors (Lipinski definition) is 0. The minimum atomic E-state index is -0.0708. The predicted molar refractivity (Wildman–Crippen MR) is 118 cm³/mol. The number of carbonyl (C=O) groups excluding carboxylic acids is 1. The summed E-state index contributed by atoms with van der Waals surface area (Å²) in [4.78, 5) is 27.7. The topological polar surface area (TPSA) is 59.8 Å². The molecule has 2 heterocycles. The molecule has 0 N–H and O–H groups in total. The third-order valence-electron chi connectivity index (χ3n) is 5.95. The Morgan fingerprint density at radius 2 is 1.80 bits per heavy atom. The molecule has 1 aromatic heterocycles. The fraction of sp³-hybridized carbons (Fsp3) is 0.360. The highest BCUT2D eigenvalue weighted by molar-refractivity contribution is 5.84. The summed E-state index contributed by atoms with van der Waals surface area (Å²) in [7, 11) is 0. The van der Waals surface area contributed by atoms with E-state index in [9.17, 15) is 9.59 Å². The number of hydrogen-bond acceptors (Lipinski definition) is 4. The van der Waals surface area contributed by atoms with E-state index < -0.39 is 0 Å². The molecule has 5 nitrogen and oxygen atoms in total. The number of likely N-dealkylation sites (tertiary alicyclic amines) is 1. The first-order chi connectivity index (χ1) is 14.5. The van der Waals surface area contributed by atoms with E-state index in [1.165, 1.54) is 0 Å². The molecule has 0 unspecified atom stereocenters. The molecule has 2 aromatic carbocycles. The van der Waals surface area contributed by atoms with Gasteiger partial charge in [0.25, 0.3) is 5.91 Å². The highest BCUT2D eigenvalue weighted by atomic mass is 16.5. The van der Waals surface area contributed by atoms with Crippen molar-refractivity contribution >= 4 is 16.9 Å². The van der Waals surface area contributed by atoms with Gasteiger partial charge in [-0.1, -0.05) is 30.3 Å². The van der Waals surface area contributed by atoms with Crippen LogP contribution in [0.15, 0.2) is 57.7 Å². The lowest BCUT2D eigenvalue weighted by Gasteiger charge is -2.38. The van der Waals surface area contributed by atoms with Gasteiger partial charge in [0.1, 0.15) is 17.1 Å². The van der Waals surface area contributed by atoms with E-state index in [1.807, 2.05) is 35.2 Å². The molecule has 3 aromatic rings. The summed E-state index contributed by atoms with van der Waals surface area (Å²) in [5, 5.41) is 0.497. The quantitative estimate of drug-likeness (QED) is 0.617. The van der Waals surface area contributed by atoms with E-state index in [4.69, 9.17) is 9.15 Å². The summed E-state index contributed by atoms with van der Waals surface area (Å²) >= 11 is 0. The van der Waals surface area contributed by atoms with Gasteiger partial charge in [-0.25, -0.2) is 0 Å². The van der Waals surface area contributed by atoms with Gasteiger partial charge < -0.3 is 14.1 Å². The van der Waals surface area contributed by atoms with E-state index in [1.54, 1.807) is 25.1 Å². The van der Waals surface area contributed by atoms with Gasteiger partial charge in [-0.2, -0.15) is 0 Å². The van der Waals surface area contributed by atoms with Crippen molar-refractivity contribution in [2.45, 2.75) is 52.1 Å². The zero-order chi connectivity index (χ0) is 21.3. The SMILES string of the molecule is Cc1oc2cc(OCC(=O)N3[C@@H](C)CCC[C@@H]3C)ccc2c(=O)c1-c1ccccc1. The molecule has 1 fully saturated rings. The Morgan fingerprint density at radius 3 is 2.50 bits per heavy atom. The Morgan fingerprint density at radius 1 is 1.10 bits per heavy atom. The van der Waals surface area contributed by atoms with Gasteiger partial charge in [0, 0.05) is 18.2 Å². The molecule has 0 radical (unpaired) electrons. The number of amides is 1. The van der Waals surface area contributed by atoms with Gasteiger partial charge in [-0.05, 0) is 57.7 Å². The van der Waals surface area contributed by atoms with E-state index in [0.717, 1.165) is 24.8 Å². The second-order valence-electron chi connectivity index (χ2n) is 8.10. The normalized spacial score (nSPS) is 19.1. The lowest BCUT2D eigenvalue weighted by atomic mass is 9.97. The molecule has 1 saturated heterocycles. The first kappa shape index (κ1) is 20.2. The number of rotatable bonds is 4. The van der Waals surface area contributed by atoms with Crippen LogP contribution in [0.2, 0.25) is 0 Å². The number of carbonyl (C=O) groups is 1. The lowest BCUT2D eigenvalue weighted by Crippen LogP contribution is -2.49. The molecular weight excluding hydrogens is 378 g/mol. The van der Waals surface area contributed by atoms with Crippen LogP contribution >= 0.6 is 0 Å². The molecule has 1 amide bonds. The molecule has 1 aliphatic heterocycles. The molecule has 156 valence electrons. The van der Waals surface area contributed by atoms with E-state index in [2.05, 4.69) is 13.8 Å². The number of nitrogens with zero attached hydrogens (tertiary/aromatic N) is 1. The summed E-state index contributed by atoms with van der Waals surface area (Å²) in [6.07, 6.45) is 3.21. The Bertz CT molecular complexity index is 1110. The Kier molecular flexibility index (Phi) is 5.62. The molecule has 2 atom stereocenters. The van der Waals surface area contributed by atoms with Gasteiger partial charge in [0.2, 0.25) is 5.43 Å². The highest BCUT2D eigenvalue weighted by Gasteiger charge is 2.29. The molecular formula is C25H27NO4. The summed E-state index contributed by atoms with van der Waals surface area (Å²) in [5.74, 6) is 1.07. The maximum atomic E-state index is 13.0. The van der Waals surface area contributed by atoms with Crippen LogP contribution in [0.1, 0.15) is 38.9 Å². The zero-order valence-corrected chi connectivity index (χ0v) is 17.7. The van der Waals surface area contributed by atoms with Crippen molar-refractivity contribution in [3.8, 4) is 16.9 Å². The summed E-state index contributed by atoms with van der Waals surface area (Å²) < 4.78 is 11.7. The monoisotopic (exact) mass is 405 g/mol. The Labute approximate surface area is 176 Å². The van der Waals surface area contributed by atoms with Crippen molar-refractivity contribution in [1.82, 2.24) is 4.90 Å². The highest BCUT2D eigenvalue weighted by Crippen LogP contribution is 2.27. The van der Waals surface area contributed by atoms with Crippen molar-refractivity contribution in [3.63, 3.8) is 0 Å². The van der Waals surface area contributed by atoms with Gasteiger partial charge >= 0.3 is 0 Å². The predicted octanol–water partition coefficient (Wildman–Crippen LogP) is 4.94. The van der Waals surface area contributed by atoms with Gasteiger partial charge in [0.05, 0.1) is 10.9 Å². The van der Waals surface area contributed by atoms with Crippen LogP contribution in [0.4, 0.5) is 0 Å². The molecule has 0 spiro atoms. The average molecular weight is 405 g/mol. The average Bonchev–Trinajstić information content (AvgIpc) is 2.72. The molecule has 0 saturated carbocycles. The summed E-state index contributed by atoms with van der Waals surface area (Å²) in [6, 6.07) is 15.1. The first-order valence-corrected chi connectivity index (χ1v) is 10.5. The lowest BCUT2D eigenvalue weighted by molar-refractivity contribution is -0.139. The largest absolute Gasteiger partial charge is 0.484 e. The maximum absolute atomic E-state index is 13.0. The number of ether oxygens (including phenoxy) is 1. The standard InChI is InChI=1S/C25H27NO4/c1-16-8-7-9-17(2)26(16)23(27)15-29-20-12-13-21-22(14-20)30-18(3)24(25(21)28)19-10-5-4-6-11-19/h4-6,10-14,16-17H,7-9,15H2,1-3H3/t16-,17-/m0/s1. The Balaban J connectivity index is 1.57. The number of aryl methyl sites for hydroxylation is 1. The van der Waals surface area contributed by atoms with Crippen molar-refractivity contribution in [2.24, 2.45) is 0 Å². The maximum Gasteiger partial charge on any atom is 0.260 e. The van der Waals surface area contributed by atoms with Crippen LogP contribution in [-0.4, -0.2) is 29.5 Å². The minimum Gasteiger partial charge on any atom is -0.484 e. The van der Waals surface area contributed by atoms with Crippen LogP contribution in [0.25, 0.3) is 22.1 Å². The van der Waals surface area contributed by atoms with Gasteiger partial charge in [-0.15, -0.1) is 0 Å². The Hall–Kier alpha value is -3.08. The molecule has 4 rings (SSSR count). The number of piperidine rings is 1. The van der Waals surface area contributed by atoms with Crippen LogP contribution in [0.5, 0.6) is 5.75 Å². The third kappa shape index (κ3) is 3.84. The number of benzene rings is 2. The molecule has 30 heavy (non-hydrogen) atoms. The van der Waals surface area contributed by atoms with E-state index in [-0.39, 0.29) is 30.0 Å². The van der Waals surface area contributed by atoms with Crippen molar-refractivity contribution < 1.29 is 13.9 Å². The molecule has 5 heteroatoms. The van der Waals surface area contributed by atoms with E-state index in [0.29, 0.717) is 28.0 Å². The van der Waals surface area contributed by atoms with E-state index >= 15 is 0 Å². The second kappa shape index (κ2) is 8.34. The van der Waals surface area contributed by atoms with Crippen molar-refractivity contribution in [3.05, 3.63) is 64.5 Å². The molecule has 0 bridgehead atoms. The van der Waals surface area contributed by atoms with Gasteiger partial charge in [0.15, 0.2) is 6.61 Å². The first-order valence-electron chi connectivity index (χ1n) is 10.5. The number of fused-ring (bicyclic) bond motifs is 1. The van der Waals surface area contributed by atoms with Crippen LogP contribution in [0.3, 0.4) is 0 Å². The molecule has 0 aliphatic carbocycles. The summed E-state index contributed by atoms with van der Waals surface area (Å²) in [6.45, 7) is 5.95. The van der Waals surface area contributed by atoms with Crippen LogP contribution in [-0.2, 0) is 4.79 Å². The van der Waals surface area contributed by atoms with Crippen molar-refractivity contribution in [1.29, 1.82) is 0 Å². The molecule has 1 aliphatic rings. The van der Waals surface area contributed by atoms with Crippen molar-refractivity contribution in [2.75, 3.05) is 6.61 Å². The minimum absolute atomic E-state index is 0.00754. The fourth-order valence-electron chi connectivity index (χ4n) is 4.45. The van der Waals surface area contributed by atoms with Crippen LogP contribution in [0, 0.1) is 6.92 Å². The second-order valence-corrected chi connectivity index (χ2v) is 8.10. The van der Waals surface area contributed by atoms with Gasteiger partial charge in [-0.3, -0.25) is 9.59 Å². The zero-order valence-electron chi connectivity index (χ0n) is 17.7.